The van der Waals surface area contributed by atoms with Crippen molar-refractivity contribution in [1.82, 2.24) is 0 Å². The lowest BCUT2D eigenvalue weighted by atomic mass is 10.1. The van der Waals surface area contributed by atoms with E-state index < -0.39 is 0 Å². The number of ether oxygens (including phenoxy) is 2. The molecule has 3 rings (SSSR count). The topological polar surface area (TPSA) is 47.6 Å². The molecule has 0 saturated heterocycles. The maximum atomic E-state index is 12.3. The van der Waals surface area contributed by atoms with Crippen molar-refractivity contribution < 1.29 is 14.3 Å². The lowest BCUT2D eigenvalue weighted by Crippen LogP contribution is -2.18. The summed E-state index contributed by atoms with van der Waals surface area (Å²) in [7, 11) is 0. The largest absolute Gasteiger partial charge is 0.486 e. The third kappa shape index (κ3) is 3.59. The highest BCUT2D eigenvalue weighted by atomic mass is 35.5. The molecule has 120 valence electrons. The Kier molecular flexibility index (Phi) is 4.72. The molecule has 4 nitrogen and oxygen atoms in total. The summed E-state index contributed by atoms with van der Waals surface area (Å²) in [5, 5.41) is 3.43. The molecule has 1 N–H and O–H groups in total. The second-order valence-electron chi connectivity index (χ2n) is 5.34. The number of benzene rings is 2. The van der Waals surface area contributed by atoms with Gasteiger partial charge in [-0.1, -0.05) is 36.7 Å². The van der Waals surface area contributed by atoms with Gasteiger partial charge in [-0.2, -0.15) is 0 Å². The third-order valence-corrected chi connectivity index (χ3v) is 3.97. The molecular weight excluding hydrogens is 314 g/mol. The maximum absolute atomic E-state index is 12.3. The molecule has 1 heterocycles. The van der Waals surface area contributed by atoms with Gasteiger partial charge in [-0.15, -0.1) is 0 Å². The van der Waals surface area contributed by atoms with Crippen LogP contribution >= 0.6 is 11.6 Å². The first-order valence-corrected chi connectivity index (χ1v) is 8.01. The number of anilines is 1. The van der Waals surface area contributed by atoms with E-state index in [2.05, 4.69) is 12.2 Å². The minimum Gasteiger partial charge on any atom is -0.486 e. The van der Waals surface area contributed by atoms with Gasteiger partial charge in [0.15, 0.2) is 11.5 Å². The standard InChI is InChI=1S/C18H18ClNO3/c1-2-13-5-3-4-6-15(13)20-17(21)11-12-9-14(19)18-16(10-12)22-7-8-23-18/h3-6,9-10H,2,7-8,11H2,1H3,(H,20,21). The van der Waals surface area contributed by atoms with Crippen LogP contribution in [0.1, 0.15) is 18.1 Å². The molecule has 23 heavy (non-hydrogen) atoms. The van der Waals surface area contributed by atoms with E-state index in [1.807, 2.05) is 30.3 Å². The van der Waals surface area contributed by atoms with Gasteiger partial charge < -0.3 is 14.8 Å². The van der Waals surface area contributed by atoms with Gasteiger partial charge in [0.25, 0.3) is 0 Å². The number of nitrogens with one attached hydrogen (secondary N) is 1. The van der Waals surface area contributed by atoms with E-state index in [9.17, 15) is 4.79 Å². The molecule has 2 aromatic rings. The average molecular weight is 332 g/mol. The number of aryl methyl sites for hydroxylation is 1. The number of halogens is 1. The first-order chi connectivity index (χ1) is 11.2. The number of hydrogen-bond donors (Lipinski definition) is 1. The quantitative estimate of drug-likeness (QED) is 0.925. The summed E-state index contributed by atoms with van der Waals surface area (Å²) in [4.78, 5) is 12.3. The highest BCUT2D eigenvalue weighted by molar-refractivity contribution is 6.32. The van der Waals surface area contributed by atoms with Gasteiger partial charge in [0.05, 0.1) is 11.4 Å². The van der Waals surface area contributed by atoms with Crippen LogP contribution in [0.15, 0.2) is 36.4 Å². The van der Waals surface area contributed by atoms with Crippen molar-refractivity contribution in [3.05, 3.63) is 52.5 Å². The number of carbonyl (C=O) groups is 1. The predicted molar refractivity (Wildman–Crippen MR) is 90.6 cm³/mol. The number of rotatable bonds is 4. The molecule has 0 spiro atoms. The second-order valence-corrected chi connectivity index (χ2v) is 5.74. The monoisotopic (exact) mass is 331 g/mol. The van der Waals surface area contributed by atoms with E-state index in [4.69, 9.17) is 21.1 Å². The van der Waals surface area contributed by atoms with Gasteiger partial charge >= 0.3 is 0 Å². The van der Waals surface area contributed by atoms with Crippen molar-refractivity contribution in [2.75, 3.05) is 18.5 Å². The lowest BCUT2D eigenvalue weighted by molar-refractivity contribution is -0.115. The molecule has 0 aliphatic carbocycles. The van der Waals surface area contributed by atoms with E-state index in [1.165, 1.54) is 0 Å². The van der Waals surface area contributed by atoms with Gasteiger partial charge in [0, 0.05) is 5.69 Å². The molecule has 1 aliphatic heterocycles. The zero-order valence-corrected chi connectivity index (χ0v) is 13.7. The van der Waals surface area contributed by atoms with Crippen molar-refractivity contribution in [2.45, 2.75) is 19.8 Å². The third-order valence-electron chi connectivity index (χ3n) is 3.69. The Bertz CT molecular complexity index is 730. The van der Waals surface area contributed by atoms with Crippen LogP contribution in [0.2, 0.25) is 5.02 Å². The van der Waals surface area contributed by atoms with Gasteiger partial charge in [0.1, 0.15) is 13.2 Å². The Labute approximate surface area is 140 Å². The van der Waals surface area contributed by atoms with Gasteiger partial charge in [0.2, 0.25) is 5.91 Å². The molecule has 0 aromatic heterocycles. The Morgan fingerprint density at radius 3 is 2.83 bits per heavy atom. The van der Waals surface area contributed by atoms with E-state index >= 15 is 0 Å². The van der Waals surface area contributed by atoms with Crippen LogP contribution in [-0.2, 0) is 17.6 Å². The minimum absolute atomic E-state index is 0.0846. The fourth-order valence-electron chi connectivity index (χ4n) is 2.60. The molecule has 5 heteroatoms. The number of amides is 1. The van der Waals surface area contributed by atoms with Crippen molar-refractivity contribution >= 4 is 23.2 Å². The predicted octanol–water partition coefficient (Wildman–Crippen LogP) is 3.85. The molecule has 0 bridgehead atoms. The van der Waals surface area contributed by atoms with Crippen LogP contribution in [-0.4, -0.2) is 19.1 Å². The van der Waals surface area contributed by atoms with Crippen LogP contribution in [0.25, 0.3) is 0 Å². The smallest absolute Gasteiger partial charge is 0.228 e. The van der Waals surface area contributed by atoms with Crippen molar-refractivity contribution in [1.29, 1.82) is 0 Å². The summed E-state index contributed by atoms with van der Waals surface area (Å²) in [6, 6.07) is 11.4. The fourth-order valence-corrected chi connectivity index (χ4v) is 2.88. The maximum Gasteiger partial charge on any atom is 0.228 e. The Morgan fingerprint density at radius 1 is 1.22 bits per heavy atom. The summed E-state index contributed by atoms with van der Waals surface area (Å²) in [5.74, 6) is 1.07. The molecule has 0 unspecified atom stereocenters. The van der Waals surface area contributed by atoms with Crippen LogP contribution < -0.4 is 14.8 Å². The molecule has 0 saturated carbocycles. The summed E-state index contributed by atoms with van der Waals surface area (Å²) in [5.41, 5.74) is 2.76. The normalized spacial score (nSPS) is 12.8. The lowest BCUT2D eigenvalue weighted by Gasteiger charge is -2.20. The summed E-state index contributed by atoms with van der Waals surface area (Å²) in [6.07, 6.45) is 1.10. The number of carbonyl (C=O) groups excluding carboxylic acids is 1. The van der Waals surface area contributed by atoms with Crippen LogP contribution in [0, 0.1) is 0 Å². The van der Waals surface area contributed by atoms with Crippen molar-refractivity contribution in [2.24, 2.45) is 0 Å². The van der Waals surface area contributed by atoms with Crippen LogP contribution in [0.4, 0.5) is 5.69 Å². The summed E-state index contributed by atoms with van der Waals surface area (Å²) in [6.45, 7) is 3.04. The minimum atomic E-state index is -0.0846. The summed E-state index contributed by atoms with van der Waals surface area (Å²) < 4.78 is 11.0. The number of hydrogen-bond acceptors (Lipinski definition) is 3. The Hall–Kier alpha value is -2.20. The molecule has 1 aliphatic rings. The van der Waals surface area contributed by atoms with Crippen molar-refractivity contribution in [3.63, 3.8) is 0 Å². The molecule has 0 fully saturated rings. The van der Waals surface area contributed by atoms with Crippen molar-refractivity contribution in [3.8, 4) is 11.5 Å². The molecular formula is C18H18ClNO3. The van der Waals surface area contributed by atoms with E-state index in [0.717, 1.165) is 23.2 Å². The fraction of sp³-hybridized carbons (Fsp3) is 0.278. The summed E-state index contributed by atoms with van der Waals surface area (Å²) >= 11 is 6.20. The van der Waals surface area contributed by atoms with E-state index in [-0.39, 0.29) is 12.3 Å². The van der Waals surface area contributed by atoms with E-state index in [1.54, 1.807) is 6.07 Å². The molecule has 0 radical (unpaired) electrons. The highest BCUT2D eigenvalue weighted by Gasteiger charge is 2.17. The second kappa shape index (κ2) is 6.92. The Balaban J connectivity index is 1.74. The van der Waals surface area contributed by atoms with Gasteiger partial charge in [-0.05, 0) is 35.7 Å². The van der Waals surface area contributed by atoms with Gasteiger partial charge in [-0.25, -0.2) is 0 Å². The van der Waals surface area contributed by atoms with Crippen LogP contribution in [0.5, 0.6) is 11.5 Å². The molecule has 0 atom stereocenters. The highest BCUT2D eigenvalue weighted by Crippen LogP contribution is 2.38. The average Bonchev–Trinajstić information content (AvgIpc) is 2.55. The Morgan fingerprint density at radius 2 is 2.00 bits per heavy atom. The van der Waals surface area contributed by atoms with E-state index in [0.29, 0.717) is 29.7 Å². The number of para-hydroxylation sites is 1. The first kappa shape index (κ1) is 15.7. The zero-order chi connectivity index (χ0) is 16.2. The van der Waals surface area contributed by atoms with Gasteiger partial charge in [-0.3, -0.25) is 4.79 Å². The molecule has 1 amide bonds. The first-order valence-electron chi connectivity index (χ1n) is 7.63. The number of fused-ring (bicyclic) bond motifs is 1. The SMILES string of the molecule is CCc1ccccc1NC(=O)Cc1cc(Cl)c2c(c1)OCCO2. The molecule has 2 aromatic carbocycles. The zero-order valence-electron chi connectivity index (χ0n) is 12.9. The van der Waals surface area contributed by atoms with Crippen LogP contribution in [0.3, 0.4) is 0 Å².